The Kier molecular flexibility index (Phi) is 5.27. The maximum atomic E-state index is 13.2. The Morgan fingerprint density at radius 2 is 1.44 bits per heavy atom. The smallest absolute Gasteiger partial charge is 0.270 e. The second-order valence-corrected chi connectivity index (χ2v) is 9.36. The van der Waals surface area contributed by atoms with E-state index in [1.165, 1.54) is 17.0 Å². The number of carbonyl (C=O) groups is 1. The highest BCUT2D eigenvalue weighted by molar-refractivity contribution is 7.98. The summed E-state index contributed by atoms with van der Waals surface area (Å²) in [6.07, 6.45) is 2.04. The molecule has 174 valence electrons. The Bertz CT molecular complexity index is 1660. The Morgan fingerprint density at radius 1 is 0.778 bits per heavy atom. The molecule has 0 spiro atoms. The number of nitro benzene ring substituents is 1. The number of hydrogen-bond donors (Lipinski definition) is 1. The summed E-state index contributed by atoms with van der Waals surface area (Å²) < 4.78 is 0. The van der Waals surface area contributed by atoms with Crippen molar-refractivity contribution in [2.24, 2.45) is 0 Å². The van der Waals surface area contributed by atoms with Crippen LogP contribution in [0.4, 0.5) is 5.69 Å². The number of fused-ring (bicyclic) bond motifs is 3. The van der Waals surface area contributed by atoms with E-state index in [1.807, 2.05) is 66.9 Å². The SMILES string of the molecule is CSc1ccc(-c2nc(-c3ccc4c(c3)C(=O)c3cc([N+](=O)[O-])ccc3-4)c(-c3ccccc3)[nH]2)cc1. The second kappa shape index (κ2) is 8.62. The molecule has 0 saturated heterocycles. The molecule has 1 aliphatic carbocycles. The van der Waals surface area contributed by atoms with Crippen LogP contribution in [-0.4, -0.2) is 26.9 Å². The average molecular weight is 490 g/mol. The third-order valence-corrected chi connectivity index (χ3v) is 7.16. The molecule has 1 aromatic heterocycles. The van der Waals surface area contributed by atoms with Crippen molar-refractivity contribution in [3.63, 3.8) is 0 Å². The number of thioether (sulfide) groups is 1. The van der Waals surface area contributed by atoms with Crippen LogP contribution in [0.25, 0.3) is 45.0 Å². The predicted molar refractivity (Wildman–Crippen MR) is 142 cm³/mol. The number of hydrogen-bond acceptors (Lipinski definition) is 5. The van der Waals surface area contributed by atoms with E-state index in [0.717, 1.165) is 39.5 Å². The van der Waals surface area contributed by atoms with Gasteiger partial charge in [0.15, 0.2) is 5.78 Å². The van der Waals surface area contributed by atoms with Crippen LogP contribution in [0.15, 0.2) is 95.9 Å². The topological polar surface area (TPSA) is 88.9 Å². The highest BCUT2D eigenvalue weighted by Gasteiger charge is 2.29. The lowest BCUT2D eigenvalue weighted by atomic mass is 9.99. The van der Waals surface area contributed by atoms with Gasteiger partial charge in [0.1, 0.15) is 5.82 Å². The summed E-state index contributed by atoms with van der Waals surface area (Å²) in [5.74, 6) is 0.525. The number of nitrogens with one attached hydrogen (secondary N) is 1. The van der Waals surface area contributed by atoms with Crippen LogP contribution in [0.2, 0.25) is 0 Å². The number of aromatic amines is 1. The van der Waals surface area contributed by atoms with Gasteiger partial charge in [-0.15, -0.1) is 11.8 Å². The first-order valence-corrected chi connectivity index (χ1v) is 12.5. The van der Waals surface area contributed by atoms with E-state index in [2.05, 4.69) is 17.1 Å². The Labute approximate surface area is 211 Å². The quantitative estimate of drug-likeness (QED) is 0.156. The number of aromatic nitrogens is 2. The van der Waals surface area contributed by atoms with E-state index in [0.29, 0.717) is 16.7 Å². The maximum Gasteiger partial charge on any atom is 0.270 e. The number of rotatable bonds is 5. The molecule has 5 aromatic rings. The molecular weight excluding hydrogens is 470 g/mol. The van der Waals surface area contributed by atoms with E-state index in [9.17, 15) is 14.9 Å². The van der Waals surface area contributed by atoms with Crippen molar-refractivity contribution >= 4 is 23.2 Å². The summed E-state index contributed by atoms with van der Waals surface area (Å²) in [5, 5.41) is 11.2. The van der Waals surface area contributed by atoms with Crippen molar-refractivity contribution in [2.45, 2.75) is 4.90 Å². The lowest BCUT2D eigenvalue weighted by Crippen LogP contribution is -1.97. The number of ketones is 1. The summed E-state index contributed by atoms with van der Waals surface area (Å²) in [4.78, 5) is 33.6. The van der Waals surface area contributed by atoms with Crippen LogP contribution in [0, 0.1) is 10.1 Å². The largest absolute Gasteiger partial charge is 0.337 e. The Hall–Kier alpha value is -4.49. The van der Waals surface area contributed by atoms with Gasteiger partial charge in [-0.1, -0.05) is 54.6 Å². The number of nitrogens with zero attached hydrogens (tertiary/aromatic N) is 2. The highest BCUT2D eigenvalue weighted by atomic mass is 32.2. The normalized spacial score (nSPS) is 11.9. The standard InChI is InChI=1S/C29H19N3O3S/c1-36-21-11-7-18(8-12-21)29-30-26(17-5-3-2-4-6-17)27(31-29)19-9-13-22-23-14-10-20(32(34)35)16-25(23)28(33)24(22)15-19/h2-16H,1H3,(H,30,31). The van der Waals surface area contributed by atoms with Crippen molar-refractivity contribution in [3.8, 4) is 45.0 Å². The fourth-order valence-corrected chi connectivity index (χ4v) is 5.02. The molecule has 1 aliphatic rings. The van der Waals surface area contributed by atoms with E-state index in [4.69, 9.17) is 4.98 Å². The van der Waals surface area contributed by atoms with Crippen molar-refractivity contribution < 1.29 is 9.72 Å². The van der Waals surface area contributed by atoms with Gasteiger partial charge < -0.3 is 4.98 Å². The van der Waals surface area contributed by atoms with E-state index < -0.39 is 4.92 Å². The molecule has 4 aromatic carbocycles. The van der Waals surface area contributed by atoms with Gasteiger partial charge in [-0.2, -0.15) is 0 Å². The fourth-order valence-electron chi connectivity index (χ4n) is 4.61. The summed E-state index contributed by atoms with van der Waals surface area (Å²) in [6.45, 7) is 0. The molecule has 0 fully saturated rings. The van der Waals surface area contributed by atoms with Crippen molar-refractivity contribution in [2.75, 3.05) is 6.26 Å². The highest BCUT2D eigenvalue weighted by Crippen LogP contribution is 2.41. The van der Waals surface area contributed by atoms with Crippen LogP contribution in [0.3, 0.4) is 0 Å². The first-order chi connectivity index (χ1) is 17.5. The molecular formula is C29H19N3O3S. The molecule has 1 heterocycles. The van der Waals surface area contributed by atoms with Gasteiger partial charge in [0, 0.05) is 44.8 Å². The third-order valence-electron chi connectivity index (χ3n) is 6.42. The number of carbonyl (C=O) groups excluding carboxylic acids is 1. The molecule has 0 unspecified atom stereocenters. The summed E-state index contributed by atoms with van der Waals surface area (Å²) in [7, 11) is 0. The third kappa shape index (κ3) is 3.61. The van der Waals surface area contributed by atoms with Gasteiger partial charge in [-0.05, 0) is 41.6 Å². The van der Waals surface area contributed by atoms with Crippen LogP contribution in [0.5, 0.6) is 0 Å². The minimum atomic E-state index is -0.481. The molecule has 6 nitrogen and oxygen atoms in total. The van der Waals surface area contributed by atoms with E-state index in [1.54, 1.807) is 17.8 Å². The maximum absolute atomic E-state index is 13.2. The number of benzene rings is 4. The first kappa shape index (κ1) is 22.0. The number of H-pyrrole nitrogens is 1. The molecule has 7 heteroatoms. The molecule has 0 radical (unpaired) electrons. The van der Waals surface area contributed by atoms with Gasteiger partial charge in [0.2, 0.25) is 0 Å². The van der Waals surface area contributed by atoms with Crippen LogP contribution in [-0.2, 0) is 0 Å². The molecule has 36 heavy (non-hydrogen) atoms. The first-order valence-electron chi connectivity index (χ1n) is 11.3. The zero-order valence-electron chi connectivity index (χ0n) is 19.2. The lowest BCUT2D eigenvalue weighted by molar-refractivity contribution is -0.384. The monoisotopic (exact) mass is 489 g/mol. The summed E-state index contributed by atoms with van der Waals surface area (Å²) in [6, 6.07) is 28.3. The van der Waals surface area contributed by atoms with Crippen LogP contribution >= 0.6 is 11.8 Å². The summed E-state index contributed by atoms with van der Waals surface area (Å²) in [5.41, 5.74) is 6.63. The van der Waals surface area contributed by atoms with Gasteiger partial charge in [-0.3, -0.25) is 14.9 Å². The lowest BCUT2D eigenvalue weighted by Gasteiger charge is -2.06. The zero-order chi connectivity index (χ0) is 24.8. The van der Waals surface area contributed by atoms with Gasteiger partial charge >= 0.3 is 0 Å². The molecule has 0 amide bonds. The average Bonchev–Trinajstić information content (AvgIpc) is 3.49. The minimum absolute atomic E-state index is 0.0917. The van der Waals surface area contributed by atoms with E-state index in [-0.39, 0.29) is 11.5 Å². The minimum Gasteiger partial charge on any atom is -0.337 e. The summed E-state index contributed by atoms with van der Waals surface area (Å²) >= 11 is 1.68. The number of nitro groups is 1. The van der Waals surface area contributed by atoms with Crippen molar-refractivity contribution in [3.05, 3.63) is 112 Å². The molecule has 0 aliphatic heterocycles. The molecule has 6 rings (SSSR count). The molecule has 0 saturated carbocycles. The van der Waals surface area contributed by atoms with Crippen LogP contribution in [0.1, 0.15) is 15.9 Å². The molecule has 0 bridgehead atoms. The van der Waals surface area contributed by atoms with E-state index >= 15 is 0 Å². The Balaban J connectivity index is 1.48. The molecule has 0 atom stereocenters. The van der Waals surface area contributed by atoms with Gasteiger partial charge in [-0.25, -0.2) is 4.98 Å². The number of non-ortho nitro benzene ring substituents is 1. The van der Waals surface area contributed by atoms with Crippen molar-refractivity contribution in [1.29, 1.82) is 0 Å². The fraction of sp³-hybridized carbons (Fsp3) is 0.0345. The van der Waals surface area contributed by atoms with Crippen molar-refractivity contribution in [1.82, 2.24) is 9.97 Å². The predicted octanol–water partition coefficient (Wildman–Crippen LogP) is 7.25. The molecule has 1 N–H and O–H groups in total. The second-order valence-electron chi connectivity index (χ2n) is 8.48. The van der Waals surface area contributed by atoms with Gasteiger partial charge in [0.25, 0.3) is 5.69 Å². The number of imidazole rings is 1. The van der Waals surface area contributed by atoms with Gasteiger partial charge in [0.05, 0.1) is 16.3 Å². The van der Waals surface area contributed by atoms with Crippen LogP contribution < -0.4 is 0 Å². The Morgan fingerprint density at radius 3 is 2.14 bits per heavy atom. The zero-order valence-corrected chi connectivity index (χ0v) is 20.0.